The van der Waals surface area contributed by atoms with Crippen LogP contribution in [0.1, 0.15) is 19.3 Å². The third kappa shape index (κ3) is 5.15. The Labute approximate surface area is 131 Å². The van der Waals surface area contributed by atoms with E-state index in [1.165, 1.54) is 17.9 Å². The van der Waals surface area contributed by atoms with Crippen LogP contribution >= 0.6 is 23.5 Å². The van der Waals surface area contributed by atoms with Crippen molar-refractivity contribution in [3.05, 3.63) is 0 Å². The van der Waals surface area contributed by atoms with E-state index in [1.54, 1.807) is 14.2 Å². The Morgan fingerprint density at radius 3 is 2.60 bits per heavy atom. The third-order valence-electron chi connectivity index (χ3n) is 3.43. The summed E-state index contributed by atoms with van der Waals surface area (Å²) in [5.74, 6) is 2.47. The van der Waals surface area contributed by atoms with Crippen molar-refractivity contribution in [2.75, 3.05) is 32.3 Å². The van der Waals surface area contributed by atoms with Crippen LogP contribution in [-0.2, 0) is 29.2 Å². The molecular formula is C12H22O5S3. The van der Waals surface area contributed by atoms with Gasteiger partial charge in [0.25, 0.3) is 0 Å². The molecule has 118 valence electrons. The maximum absolute atomic E-state index is 11.1. The van der Waals surface area contributed by atoms with Crippen molar-refractivity contribution in [1.29, 1.82) is 0 Å². The van der Waals surface area contributed by atoms with Crippen LogP contribution in [0.4, 0.5) is 0 Å². The highest BCUT2D eigenvalue weighted by atomic mass is 32.2. The van der Waals surface area contributed by atoms with Gasteiger partial charge in [0.15, 0.2) is 0 Å². The lowest BCUT2D eigenvalue weighted by molar-refractivity contribution is -0.0292. The number of hydrogen-bond donors (Lipinski definition) is 0. The Morgan fingerprint density at radius 2 is 2.05 bits per heavy atom. The second kappa shape index (κ2) is 8.97. The van der Waals surface area contributed by atoms with E-state index < -0.39 is 11.4 Å². The predicted molar refractivity (Wildman–Crippen MR) is 83.1 cm³/mol. The van der Waals surface area contributed by atoms with Gasteiger partial charge < -0.3 is 9.47 Å². The summed E-state index contributed by atoms with van der Waals surface area (Å²) in [6.07, 6.45) is 2.73. The summed E-state index contributed by atoms with van der Waals surface area (Å²) in [7, 11) is 3.38. The monoisotopic (exact) mass is 342 g/mol. The van der Waals surface area contributed by atoms with Crippen molar-refractivity contribution < 1.29 is 22.0 Å². The Hall–Kier alpha value is 0.690. The second-order valence-electron chi connectivity index (χ2n) is 4.75. The average Bonchev–Trinajstić information content (AvgIpc) is 2.91. The minimum atomic E-state index is -1.63. The van der Waals surface area contributed by atoms with Crippen LogP contribution in [0.15, 0.2) is 0 Å². The van der Waals surface area contributed by atoms with Gasteiger partial charge in [-0.2, -0.15) is 4.21 Å². The van der Waals surface area contributed by atoms with Gasteiger partial charge in [-0.15, -0.1) is 23.5 Å². The fourth-order valence-corrected chi connectivity index (χ4v) is 5.96. The Kier molecular flexibility index (Phi) is 7.65. The minimum Gasteiger partial charge on any atom is -0.381 e. The SMILES string of the molecule is CO[C@H](CC1SCCCS1)C[C@H](OC)[C@@H]1COS(=O)O1. The number of hydrogen-bond acceptors (Lipinski definition) is 7. The second-order valence-corrected chi connectivity index (χ2v) is 8.51. The van der Waals surface area contributed by atoms with E-state index in [4.69, 9.17) is 17.8 Å². The van der Waals surface area contributed by atoms with Gasteiger partial charge in [-0.05, 0) is 24.3 Å². The Balaban J connectivity index is 1.81. The van der Waals surface area contributed by atoms with Gasteiger partial charge in [-0.1, -0.05) is 0 Å². The molecule has 2 aliphatic rings. The summed E-state index contributed by atoms with van der Waals surface area (Å²) < 4.78 is 32.9. The third-order valence-corrected chi connectivity index (χ3v) is 7.15. The van der Waals surface area contributed by atoms with E-state index in [0.29, 0.717) is 11.2 Å². The van der Waals surface area contributed by atoms with Crippen molar-refractivity contribution in [3.8, 4) is 0 Å². The minimum absolute atomic E-state index is 0.126. The summed E-state index contributed by atoms with van der Waals surface area (Å²) in [6.45, 7) is 0.314. The zero-order valence-corrected chi connectivity index (χ0v) is 14.3. The topological polar surface area (TPSA) is 54.0 Å². The molecule has 2 aliphatic heterocycles. The molecule has 0 aliphatic carbocycles. The first kappa shape index (κ1) is 17.1. The van der Waals surface area contributed by atoms with Gasteiger partial charge in [0.2, 0.25) is 0 Å². The normalized spacial score (nSPS) is 31.3. The van der Waals surface area contributed by atoms with Crippen LogP contribution in [0.5, 0.6) is 0 Å². The molecule has 2 rings (SSSR count). The molecule has 20 heavy (non-hydrogen) atoms. The lowest BCUT2D eigenvalue weighted by Crippen LogP contribution is -2.35. The van der Waals surface area contributed by atoms with Crippen molar-refractivity contribution in [2.45, 2.75) is 42.2 Å². The first-order valence-corrected chi connectivity index (χ1v) is 9.83. The molecule has 0 amide bonds. The van der Waals surface area contributed by atoms with E-state index in [2.05, 4.69) is 0 Å². The maximum Gasteiger partial charge on any atom is 0.305 e. The van der Waals surface area contributed by atoms with Crippen molar-refractivity contribution in [2.24, 2.45) is 0 Å². The van der Waals surface area contributed by atoms with Gasteiger partial charge in [0.05, 0.1) is 23.4 Å². The fourth-order valence-electron chi connectivity index (χ4n) is 2.28. The summed E-state index contributed by atoms with van der Waals surface area (Å²) in [4.78, 5) is 0. The van der Waals surface area contributed by atoms with Gasteiger partial charge in [-0.25, -0.2) is 0 Å². The van der Waals surface area contributed by atoms with Crippen LogP contribution in [0.3, 0.4) is 0 Å². The molecule has 0 N–H and O–H groups in total. The Bertz CT molecular complexity index is 311. The average molecular weight is 343 g/mol. The van der Waals surface area contributed by atoms with E-state index >= 15 is 0 Å². The Morgan fingerprint density at radius 1 is 1.30 bits per heavy atom. The van der Waals surface area contributed by atoms with E-state index in [1.807, 2.05) is 23.5 Å². The molecule has 2 heterocycles. The van der Waals surface area contributed by atoms with Crippen LogP contribution in [0.2, 0.25) is 0 Å². The molecule has 0 saturated carbocycles. The molecule has 0 radical (unpaired) electrons. The van der Waals surface area contributed by atoms with E-state index in [9.17, 15) is 4.21 Å². The molecule has 4 atom stereocenters. The van der Waals surface area contributed by atoms with Crippen molar-refractivity contribution >= 4 is 34.9 Å². The fraction of sp³-hybridized carbons (Fsp3) is 1.00. The molecule has 1 unspecified atom stereocenters. The molecule has 5 nitrogen and oxygen atoms in total. The number of methoxy groups -OCH3 is 2. The molecule has 2 fully saturated rings. The maximum atomic E-state index is 11.1. The predicted octanol–water partition coefficient (Wildman–Crippen LogP) is 1.99. The van der Waals surface area contributed by atoms with Crippen LogP contribution in [-0.4, -0.2) is 59.4 Å². The molecule has 0 aromatic carbocycles. The summed E-state index contributed by atoms with van der Waals surface area (Å²) in [5, 5.41) is 0. The van der Waals surface area contributed by atoms with Gasteiger partial charge in [-0.3, -0.25) is 8.37 Å². The highest BCUT2D eigenvalue weighted by Crippen LogP contribution is 2.35. The lowest BCUT2D eigenvalue weighted by atomic mass is 10.1. The molecule has 2 saturated heterocycles. The smallest absolute Gasteiger partial charge is 0.305 e. The molecular weight excluding hydrogens is 320 g/mol. The summed E-state index contributed by atoms with van der Waals surface area (Å²) >= 11 is 2.40. The van der Waals surface area contributed by atoms with Crippen LogP contribution < -0.4 is 0 Å². The van der Waals surface area contributed by atoms with Crippen molar-refractivity contribution in [1.82, 2.24) is 0 Å². The first-order chi connectivity index (χ1) is 9.72. The van der Waals surface area contributed by atoms with Crippen LogP contribution in [0, 0.1) is 0 Å². The largest absolute Gasteiger partial charge is 0.381 e. The van der Waals surface area contributed by atoms with Gasteiger partial charge >= 0.3 is 11.4 Å². The highest BCUT2D eigenvalue weighted by molar-refractivity contribution is 8.17. The van der Waals surface area contributed by atoms with Crippen molar-refractivity contribution in [3.63, 3.8) is 0 Å². The highest BCUT2D eigenvalue weighted by Gasteiger charge is 2.34. The molecule has 8 heteroatoms. The summed E-state index contributed by atoms with van der Waals surface area (Å²) in [5.41, 5.74) is 0. The van der Waals surface area contributed by atoms with Crippen LogP contribution in [0.25, 0.3) is 0 Å². The number of thioether (sulfide) groups is 2. The standard InChI is InChI=1S/C12H22O5S3/c1-14-9(7-12-18-4-3-5-19-12)6-10(15-2)11-8-16-20(13)17-11/h9-12H,3-8H2,1-2H3/t9-,10-,11-,20?/m0/s1. The molecule has 0 spiro atoms. The zero-order valence-electron chi connectivity index (χ0n) is 11.8. The molecule has 0 bridgehead atoms. The summed E-state index contributed by atoms with van der Waals surface area (Å²) in [6, 6.07) is 0. The lowest BCUT2D eigenvalue weighted by Gasteiger charge is -2.28. The van der Waals surface area contributed by atoms with E-state index in [-0.39, 0.29) is 18.3 Å². The number of rotatable bonds is 7. The first-order valence-electron chi connectivity index (χ1n) is 6.74. The van der Waals surface area contributed by atoms with Gasteiger partial charge in [0, 0.05) is 20.6 Å². The van der Waals surface area contributed by atoms with Gasteiger partial charge in [0.1, 0.15) is 6.10 Å². The zero-order chi connectivity index (χ0) is 14.4. The quantitative estimate of drug-likeness (QED) is 0.701. The van der Waals surface area contributed by atoms with E-state index in [0.717, 1.165) is 12.8 Å². The molecule has 0 aromatic rings. The molecule has 0 aromatic heterocycles. The number of ether oxygens (including phenoxy) is 2.